The first-order valence-corrected chi connectivity index (χ1v) is 13.8. The lowest BCUT2D eigenvalue weighted by atomic mass is 10.1. The summed E-state index contributed by atoms with van der Waals surface area (Å²) in [6, 6.07) is 2.08. The van der Waals surface area contributed by atoms with Crippen molar-refractivity contribution in [1.82, 2.24) is 38.7 Å². The highest BCUT2D eigenvalue weighted by Gasteiger charge is 2.16. The van der Waals surface area contributed by atoms with Crippen LogP contribution >= 0.6 is 11.5 Å². The molecule has 40 heavy (non-hydrogen) atoms. The summed E-state index contributed by atoms with van der Waals surface area (Å²) in [5.74, 6) is 2.60. The van der Waals surface area contributed by atoms with Gasteiger partial charge in [0.2, 0.25) is 5.91 Å². The van der Waals surface area contributed by atoms with Crippen molar-refractivity contribution in [2.45, 2.75) is 39.3 Å². The Balaban J connectivity index is 1.30. The first kappa shape index (κ1) is 27.2. The van der Waals surface area contributed by atoms with Crippen molar-refractivity contribution >= 4 is 33.9 Å². The number of hydrogen-bond donors (Lipinski definition) is 2. The third-order valence-corrected chi connectivity index (χ3v) is 7.16. The number of amides is 1. The fourth-order valence-electron chi connectivity index (χ4n) is 4.63. The van der Waals surface area contributed by atoms with Gasteiger partial charge in [0, 0.05) is 30.2 Å². The van der Waals surface area contributed by atoms with Crippen LogP contribution in [-0.4, -0.2) is 59.1 Å². The van der Waals surface area contributed by atoms with Crippen LogP contribution in [0.15, 0.2) is 54.8 Å². The molecule has 2 N–H and O–H groups in total. The zero-order chi connectivity index (χ0) is 27.9. The molecule has 1 fully saturated rings. The Hall–Kier alpha value is -4.34. The summed E-state index contributed by atoms with van der Waals surface area (Å²) in [5.41, 5.74) is 4.41. The quantitative estimate of drug-likeness (QED) is 0.221. The topological polar surface area (TPSA) is 105 Å². The van der Waals surface area contributed by atoms with Crippen LogP contribution in [0, 0.1) is 19.3 Å². The monoisotopic (exact) mass is 559 g/mol. The van der Waals surface area contributed by atoms with E-state index in [1.54, 1.807) is 18.6 Å². The van der Waals surface area contributed by atoms with Gasteiger partial charge >= 0.3 is 0 Å². The number of terminal acetylenes is 1. The van der Waals surface area contributed by atoms with Crippen LogP contribution in [0.4, 0.5) is 15.2 Å². The van der Waals surface area contributed by atoms with Gasteiger partial charge in [0.15, 0.2) is 11.5 Å². The van der Waals surface area contributed by atoms with Crippen molar-refractivity contribution in [1.29, 1.82) is 0 Å². The summed E-state index contributed by atoms with van der Waals surface area (Å²) in [6.45, 7) is 4.26. The molecule has 0 aliphatic carbocycles. The average Bonchev–Trinajstić information content (AvgIpc) is 3.68. The summed E-state index contributed by atoms with van der Waals surface area (Å²) >= 11 is 1.42. The number of fused-ring (bicyclic) bond motifs is 1. The number of nitrogens with zero attached hydrogens (tertiary/aromatic N) is 7. The lowest BCUT2D eigenvalue weighted by molar-refractivity contribution is -0.121. The smallest absolute Gasteiger partial charge is 0.246 e. The van der Waals surface area contributed by atoms with E-state index >= 15 is 0 Å². The Morgan fingerprint density at radius 3 is 2.90 bits per heavy atom. The maximum atomic E-state index is 12.8. The van der Waals surface area contributed by atoms with Gasteiger partial charge in [-0.05, 0) is 68.7 Å². The third kappa shape index (κ3) is 6.62. The minimum absolute atomic E-state index is 0.0528. The van der Waals surface area contributed by atoms with Gasteiger partial charge in [0.05, 0.1) is 29.5 Å². The van der Waals surface area contributed by atoms with Crippen molar-refractivity contribution in [2.24, 2.45) is 0 Å². The third-order valence-electron chi connectivity index (χ3n) is 6.42. The number of alkyl halides is 1. The van der Waals surface area contributed by atoms with Crippen LogP contribution in [0.2, 0.25) is 0 Å². The SMILES string of the molecule is C#C/C=C\C(=C/CF)NC(=O)Cn1cc(-c2cnc3c(Nc4cc(CN5CCCCC5)ns4)nc(C)cn23)cn1. The molecule has 12 heteroatoms. The molecule has 0 spiro atoms. The highest BCUT2D eigenvalue weighted by Crippen LogP contribution is 2.28. The Morgan fingerprint density at radius 2 is 2.10 bits per heavy atom. The van der Waals surface area contributed by atoms with Gasteiger partial charge < -0.3 is 10.6 Å². The van der Waals surface area contributed by atoms with Gasteiger partial charge in [-0.15, -0.1) is 6.42 Å². The van der Waals surface area contributed by atoms with E-state index in [2.05, 4.69) is 47.0 Å². The van der Waals surface area contributed by atoms with E-state index < -0.39 is 6.67 Å². The first-order valence-electron chi connectivity index (χ1n) is 13.0. The van der Waals surface area contributed by atoms with Gasteiger partial charge in [0.1, 0.15) is 18.2 Å². The molecule has 1 aliphatic rings. The second-order valence-electron chi connectivity index (χ2n) is 9.50. The number of likely N-dealkylation sites (tertiary alicyclic amines) is 1. The Morgan fingerprint density at radius 1 is 1.25 bits per heavy atom. The second-order valence-corrected chi connectivity index (χ2v) is 10.3. The predicted molar refractivity (Wildman–Crippen MR) is 154 cm³/mol. The highest BCUT2D eigenvalue weighted by molar-refractivity contribution is 7.10. The number of imidazole rings is 1. The number of halogens is 1. The van der Waals surface area contributed by atoms with Gasteiger partial charge in [-0.2, -0.15) is 9.47 Å². The van der Waals surface area contributed by atoms with Crippen molar-refractivity contribution in [3.8, 4) is 23.6 Å². The summed E-state index contributed by atoms with van der Waals surface area (Å²) in [6.07, 6.45) is 20.2. The zero-order valence-corrected chi connectivity index (χ0v) is 23.0. The molecule has 206 valence electrons. The number of aryl methyl sites for hydroxylation is 1. The molecule has 0 atom stereocenters. The molecule has 1 amide bonds. The molecule has 4 aromatic heterocycles. The van der Waals surface area contributed by atoms with Crippen molar-refractivity contribution in [2.75, 3.05) is 25.1 Å². The van der Waals surface area contributed by atoms with Crippen LogP contribution in [-0.2, 0) is 17.9 Å². The van der Waals surface area contributed by atoms with Crippen LogP contribution < -0.4 is 10.6 Å². The largest absolute Gasteiger partial charge is 0.328 e. The van der Waals surface area contributed by atoms with E-state index in [-0.39, 0.29) is 12.5 Å². The number of nitrogens with one attached hydrogen (secondary N) is 2. The van der Waals surface area contributed by atoms with E-state index in [1.165, 1.54) is 53.7 Å². The molecular weight excluding hydrogens is 529 g/mol. The Kier molecular flexibility index (Phi) is 8.63. The number of anilines is 2. The van der Waals surface area contributed by atoms with E-state index in [4.69, 9.17) is 6.42 Å². The number of aromatic nitrogens is 6. The molecule has 0 radical (unpaired) electrons. The molecule has 1 saturated heterocycles. The number of rotatable bonds is 10. The molecule has 5 rings (SSSR count). The van der Waals surface area contributed by atoms with Crippen molar-refractivity contribution < 1.29 is 9.18 Å². The predicted octanol–water partition coefficient (Wildman–Crippen LogP) is 4.25. The summed E-state index contributed by atoms with van der Waals surface area (Å²) in [7, 11) is 0. The average molecular weight is 560 g/mol. The van der Waals surface area contributed by atoms with Crippen LogP contribution in [0.25, 0.3) is 16.9 Å². The molecule has 0 saturated carbocycles. The summed E-state index contributed by atoms with van der Waals surface area (Å²) in [4.78, 5) is 24.2. The van der Waals surface area contributed by atoms with E-state index in [0.29, 0.717) is 17.2 Å². The Labute approximate surface area is 235 Å². The van der Waals surface area contributed by atoms with Gasteiger partial charge in [0.25, 0.3) is 0 Å². The maximum Gasteiger partial charge on any atom is 0.246 e. The maximum absolute atomic E-state index is 12.8. The number of allylic oxidation sites excluding steroid dienone is 3. The van der Waals surface area contributed by atoms with Crippen LogP contribution in [0.5, 0.6) is 0 Å². The molecule has 10 nitrogen and oxygen atoms in total. The van der Waals surface area contributed by atoms with Gasteiger partial charge in [-0.25, -0.2) is 14.4 Å². The minimum Gasteiger partial charge on any atom is -0.328 e. The first-order chi connectivity index (χ1) is 19.5. The fraction of sp³-hybridized carbons (Fsp3) is 0.321. The van der Waals surface area contributed by atoms with Crippen molar-refractivity contribution in [3.63, 3.8) is 0 Å². The number of hydrogen-bond acceptors (Lipinski definition) is 8. The van der Waals surface area contributed by atoms with E-state index in [0.717, 1.165) is 47.3 Å². The normalized spacial score (nSPS) is 14.6. The van der Waals surface area contributed by atoms with Crippen molar-refractivity contribution in [3.05, 3.63) is 66.2 Å². The summed E-state index contributed by atoms with van der Waals surface area (Å²) < 4.78 is 20.8. The molecular formula is C28H30FN9OS. The molecule has 1 aliphatic heterocycles. The number of carbonyl (C=O) groups is 1. The lowest BCUT2D eigenvalue weighted by Crippen LogP contribution is -2.29. The van der Waals surface area contributed by atoms with Crippen LogP contribution in [0.3, 0.4) is 0 Å². The van der Waals surface area contributed by atoms with E-state index in [1.807, 2.05) is 17.5 Å². The molecule has 4 aromatic rings. The lowest BCUT2D eigenvalue weighted by Gasteiger charge is -2.25. The minimum atomic E-state index is -0.724. The van der Waals surface area contributed by atoms with Crippen LogP contribution in [0.1, 0.15) is 30.7 Å². The molecule has 0 unspecified atom stereocenters. The zero-order valence-electron chi connectivity index (χ0n) is 22.2. The molecule has 0 bridgehead atoms. The van der Waals surface area contributed by atoms with Gasteiger partial charge in [-0.3, -0.25) is 18.8 Å². The highest BCUT2D eigenvalue weighted by atomic mass is 32.1. The Bertz CT molecular complexity index is 1590. The van der Waals surface area contributed by atoms with Gasteiger partial charge in [-0.1, -0.05) is 12.3 Å². The number of carbonyl (C=O) groups excluding carboxylic acids is 1. The second kappa shape index (κ2) is 12.7. The van der Waals surface area contributed by atoms with E-state index in [9.17, 15) is 9.18 Å². The standard InChI is InChI=1S/C28H30FN9OS/c1-3-4-8-22(9-10-29)33-25(39)19-37-17-21(14-31-37)24-15-30-28-27(32-20(2)16-38(24)28)34-26-13-23(35-40-26)18-36-11-6-5-7-12-36/h1,4,8-9,13-17H,5-7,10-12,18-19H2,2H3,(H,32,34)(H,33,39)/b8-4-,22-9+. The fourth-order valence-corrected chi connectivity index (χ4v) is 5.28. The molecule has 0 aromatic carbocycles. The summed E-state index contributed by atoms with van der Waals surface area (Å²) in [5, 5.41) is 11.3. The number of piperidine rings is 1. The molecule has 5 heterocycles.